The van der Waals surface area contributed by atoms with Crippen molar-refractivity contribution in [2.24, 2.45) is 0 Å². The molecule has 0 radical (unpaired) electrons. The normalized spacial score (nSPS) is 9.00. The average Bonchev–Trinajstić information content (AvgIpc) is 1.99. The molecule has 0 aromatic rings. The molecule has 0 N–H and O–H groups in total. The molecule has 0 aliphatic heterocycles. The van der Waals surface area contributed by atoms with Crippen LogP contribution >= 0.6 is 11.6 Å². The maximum absolute atomic E-state index is 10.3. The Morgan fingerprint density at radius 2 is 2.20 bits per heavy atom. The summed E-state index contributed by atoms with van der Waals surface area (Å²) < 4.78 is 4.22. The third-order valence-electron chi connectivity index (χ3n) is 0.664. The molecule has 0 aromatic carbocycles. The average molecular weight is 161 g/mol. The van der Waals surface area contributed by atoms with Crippen LogP contribution < -0.4 is 0 Å². The van der Waals surface area contributed by atoms with Crippen molar-refractivity contribution in [3.05, 3.63) is 17.2 Å². The van der Waals surface area contributed by atoms with E-state index in [2.05, 4.69) is 4.74 Å². The molecule has 0 aromatic heterocycles. The van der Waals surface area contributed by atoms with Gasteiger partial charge in [-0.2, -0.15) is 0 Å². The quantitative estimate of drug-likeness (QED) is 0.258. The molecule has 0 fully saturated rings. The predicted molar refractivity (Wildman–Crippen MR) is 36.2 cm³/mol. The van der Waals surface area contributed by atoms with Crippen LogP contribution in [0.3, 0.4) is 0 Å². The Morgan fingerprint density at radius 1 is 1.60 bits per heavy atom. The van der Waals surface area contributed by atoms with Gasteiger partial charge in [0.1, 0.15) is 11.0 Å². The zero-order valence-electron chi connectivity index (χ0n) is 5.26. The van der Waals surface area contributed by atoms with Crippen molar-refractivity contribution in [3.8, 4) is 0 Å². The van der Waals surface area contributed by atoms with Crippen molar-refractivity contribution in [2.45, 2.75) is 0 Å². The Kier molecular flexibility index (Phi) is 4.29. The largest absolute Gasteiger partial charge is 0.466 e. The molecule has 0 bridgehead atoms. The van der Waals surface area contributed by atoms with Crippen molar-refractivity contribution in [1.82, 2.24) is 0 Å². The fraction of sp³-hybridized carbons (Fsp3) is 0.167. The standard InChI is InChI=1S/C6H5ClO3/c1-10-6(9)3-2-5(7)4-8/h2-3H,1H3/b3-2+. The number of hydrogen-bond acceptors (Lipinski definition) is 3. The first kappa shape index (κ1) is 8.95. The van der Waals surface area contributed by atoms with Crippen LogP contribution in [0.2, 0.25) is 0 Å². The maximum Gasteiger partial charge on any atom is 0.330 e. The lowest BCUT2D eigenvalue weighted by molar-refractivity contribution is -0.134. The Morgan fingerprint density at radius 3 is 2.60 bits per heavy atom. The van der Waals surface area contributed by atoms with Crippen LogP contribution in [-0.2, 0) is 14.3 Å². The van der Waals surface area contributed by atoms with Crippen LogP contribution in [-0.4, -0.2) is 19.0 Å². The molecule has 10 heavy (non-hydrogen) atoms. The Bertz CT molecular complexity index is 201. The fourth-order valence-corrected chi connectivity index (χ4v) is 0.306. The summed E-state index contributed by atoms with van der Waals surface area (Å²) in [5.41, 5.74) is 0. The zero-order chi connectivity index (χ0) is 7.98. The van der Waals surface area contributed by atoms with Crippen LogP contribution in [0.5, 0.6) is 0 Å². The SMILES string of the molecule is COC(=O)/C=C/C(Cl)=C=O. The fourth-order valence-electron chi connectivity index (χ4n) is 0.243. The lowest BCUT2D eigenvalue weighted by Crippen LogP contribution is -1.93. The van der Waals surface area contributed by atoms with Crippen molar-refractivity contribution in [2.75, 3.05) is 7.11 Å². The molecule has 3 nitrogen and oxygen atoms in total. The highest BCUT2D eigenvalue weighted by molar-refractivity contribution is 6.34. The lowest BCUT2D eigenvalue weighted by Gasteiger charge is -1.86. The molecule has 0 spiro atoms. The molecule has 54 valence electrons. The topological polar surface area (TPSA) is 43.4 Å². The van der Waals surface area contributed by atoms with E-state index in [0.29, 0.717) is 0 Å². The first-order chi connectivity index (χ1) is 4.70. The smallest absolute Gasteiger partial charge is 0.330 e. The third-order valence-corrected chi connectivity index (χ3v) is 0.868. The van der Waals surface area contributed by atoms with Crippen molar-refractivity contribution in [3.63, 3.8) is 0 Å². The maximum atomic E-state index is 10.3. The number of esters is 1. The van der Waals surface area contributed by atoms with Crippen LogP contribution in [0.1, 0.15) is 0 Å². The molecule has 0 aliphatic carbocycles. The van der Waals surface area contributed by atoms with Gasteiger partial charge in [0.15, 0.2) is 0 Å². The van der Waals surface area contributed by atoms with E-state index < -0.39 is 5.97 Å². The number of carbonyl (C=O) groups excluding carboxylic acids is 2. The van der Waals surface area contributed by atoms with E-state index in [9.17, 15) is 9.59 Å². The third kappa shape index (κ3) is 3.89. The molecule has 0 aliphatic rings. The molecule has 0 saturated heterocycles. The summed E-state index contributed by atoms with van der Waals surface area (Å²) in [6.45, 7) is 0. The number of rotatable bonds is 2. The van der Waals surface area contributed by atoms with E-state index in [-0.39, 0.29) is 5.03 Å². The van der Waals surface area contributed by atoms with Crippen LogP contribution in [0.25, 0.3) is 0 Å². The highest BCUT2D eigenvalue weighted by Gasteiger charge is 1.90. The second kappa shape index (κ2) is 4.79. The monoisotopic (exact) mass is 160 g/mol. The van der Waals surface area contributed by atoms with Crippen LogP contribution in [0.4, 0.5) is 0 Å². The molecule has 4 heteroatoms. The number of methoxy groups -OCH3 is 1. The number of allylic oxidation sites excluding steroid dienone is 2. The van der Waals surface area contributed by atoms with E-state index in [1.807, 2.05) is 0 Å². The van der Waals surface area contributed by atoms with E-state index >= 15 is 0 Å². The van der Waals surface area contributed by atoms with Crippen molar-refractivity contribution >= 4 is 23.5 Å². The predicted octanol–water partition coefficient (Wildman–Crippen LogP) is 0.670. The van der Waals surface area contributed by atoms with Gasteiger partial charge in [-0.1, -0.05) is 11.6 Å². The number of halogens is 1. The summed E-state index contributed by atoms with van der Waals surface area (Å²) in [6.07, 6.45) is 2.15. The highest BCUT2D eigenvalue weighted by Crippen LogP contribution is 1.96. The van der Waals surface area contributed by atoms with Gasteiger partial charge >= 0.3 is 5.97 Å². The van der Waals surface area contributed by atoms with E-state index in [1.165, 1.54) is 13.1 Å². The highest BCUT2D eigenvalue weighted by atomic mass is 35.5. The Hall–Kier alpha value is -1.05. The molecule has 0 rings (SSSR count). The molecular formula is C6H5ClO3. The zero-order valence-corrected chi connectivity index (χ0v) is 6.01. The molecular weight excluding hydrogens is 156 g/mol. The van der Waals surface area contributed by atoms with Gasteiger partial charge in [0.2, 0.25) is 0 Å². The van der Waals surface area contributed by atoms with Gasteiger partial charge in [0.25, 0.3) is 0 Å². The Labute approximate surface area is 62.9 Å². The first-order valence-corrected chi connectivity index (χ1v) is 2.75. The minimum absolute atomic E-state index is 0.162. The summed E-state index contributed by atoms with van der Waals surface area (Å²) >= 11 is 5.16. The molecule has 0 unspecified atom stereocenters. The van der Waals surface area contributed by atoms with Crippen LogP contribution in [0.15, 0.2) is 17.2 Å². The van der Waals surface area contributed by atoms with E-state index in [4.69, 9.17) is 11.6 Å². The second-order valence-corrected chi connectivity index (χ2v) is 1.71. The van der Waals surface area contributed by atoms with Crippen molar-refractivity contribution < 1.29 is 14.3 Å². The van der Waals surface area contributed by atoms with Crippen molar-refractivity contribution in [1.29, 1.82) is 0 Å². The van der Waals surface area contributed by atoms with E-state index in [0.717, 1.165) is 12.2 Å². The summed E-state index contributed by atoms with van der Waals surface area (Å²) in [5.74, 6) is 0.820. The molecule has 0 saturated carbocycles. The summed E-state index contributed by atoms with van der Waals surface area (Å²) in [6, 6.07) is 0. The minimum Gasteiger partial charge on any atom is -0.466 e. The van der Waals surface area contributed by atoms with E-state index in [1.54, 1.807) is 0 Å². The summed E-state index contributed by atoms with van der Waals surface area (Å²) in [5, 5.41) is -0.162. The summed E-state index contributed by atoms with van der Waals surface area (Å²) in [7, 11) is 1.23. The van der Waals surface area contributed by atoms with Gasteiger partial charge in [-0.05, 0) is 6.08 Å². The Balaban J connectivity index is 4.00. The molecule has 0 heterocycles. The molecule has 0 amide bonds. The lowest BCUT2D eigenvalue weighted by atomic mass is 10.5. The van der Waals surface area contributed by atoms with Gasteiger partial charge in [-0.25, -0.2) is 9.59 Å². The molecule has 0 atom stereocenters. The minimum atomic E-state index is -0.562. The van der Waals surface area contributed by atoms with Gasteiger partial charge in [-0.15, -0.1) is 0 Å². The summed E-state index contributed by atoms with van der Waals surface area (Å²) in [4.78, 5) is 20.0. The first-order valence-electron chi connectivity index (χ1n) is 2.37. The van der Waals surface area contributed by atoms with Gasteiger partial charge < -0.3 is 4.74 Å². The number of ether oxygens (including phenoxy) is 1. The number of carbonyl (C=O) groups is 1. The second-order valence-electron chi connectivity index (χ2n) is 1.31. The van der Waals surface area contributed by atoms with Gasteiger partial charge in [-0.3, -0.25) is 0 Å². The van der Waals surface area contributed by atoms with Gasteiger partial charge in [0, 0.05) is 6.08 Å². The number of hydrogen-bond donors (Lipinski definition) is 0. The van der Waals surface area contributed by atoms with Crippen LogP contribution in [0, 0.1) is 0 Å². The van der Waals surface area contributed by atoms with Gasteiger partial charge in [0.05, 0.1) is 7.11 Å².